The zero-order valence-corrected chi connectivity index (χ0v) is 25.3. The van der Waals surface area contributed by atoms with Gasteiger partial charge >= 0.3 is 0 Å². The maximum Gasteiger partial charge on any atom is 0.300 e. The Labute approximate surface area is 236 Å². The van der Waals surface area contributed by atoms with E-state index >= 15 is 0 Å². The largest absolute Gasteiger partial charge is 0.481 e. The summed E-state index contributed by atoms with van der Waals surface area (Å²) in [6.45, 7) is 9.36. The number of nitrogens with one attached hydrogen (secondary N) is 2. The molecule has 11 heteroatoms. The zero-order chi connectivity index (χ0) is 29.2. The van der Waals surface area contributed by atoms with Gasteiger partial charge in [0.25, 0.3) is 11.9 Å². The second-order valence-electron chi connectivity index (χ2n) is 6.85. The molecule has 0 aliphatic rings. The number of hydrogen-bond donors (Lipinski definition) is 4. The third-order valence-electron chi connectivity index (χ3n) is 3.59. The molecule has 0 bridgehead atoms. The van der Waals surface area contributed by atoms with Gasteiger partial charge in [-0.25, -0.2) is 9.37 Å². The van der Waals surface area contributed by atoms with Crippen molar-refractivity contribution in [2.45, 2.75) is 53.1 Å². The molecular weight excluding hydrogens is 535 g/mol. The molecule has 1 aromatic carbocycles. The molecule has 210 valence electrons. The third-order valence-corrected chi connectivity index (χ3v) is 4.65. The van der Waals surface area contributed by atoms with E-state index in [2.05, 4.69) is 35.6 Å². The molecule has 1 heterocycles. The highest BCUT2D eigenvalue weighted by molar-refractivity contribution is 7.99. The molecule has 0 aliphatic carbocycles. The summed E-state index contributed by atoms with van der Waals surface area (Å²) in [6.07, 6.45) is 6.85. The highest BCUT2D eigenvalue weighted by atomic mass is 32.2. The van der Waals surface area contributed by atoms with E-state index in [-0.39, 0.29) is 35.9 Å². The number of carboxylic acid groups (broad SMARTS) is 1. The number of aliphatic carboxylic acids is 1. The molecule has 0 saturated heterocycles. The number of thioether (sulfide) groups is 1. The van der Waals surface area contributed by atoms with Crippen LogP contribution in [0.3, 0.4) is 0 Å². The van der Waals surface area contributed by atoms with Crippen molar-refractivity contribution < 1.29 is 33.6 Å². The number of ether oxygens (including phenoxy) is 1. The summed E-state index contributed by atoms with van der Waals surface area (Å²) in [5, 5.41) is 10.1. The number of rotatable bonds is 10. The van der Waals surface area contributed by atoms with Gasteiger partial charge in [0.05, 0.1) is 25.0 Å². The minimum absolute atomic E-state index is 0.0258. The van der Waals surface area contributed by atoms with Crippen LogP contribution in [0.2, 0.25) is 0 Å². The lowest BCUT2D eigenvalue weighted by molar-refractivity contribution is -0.379. The van der Waals surface area contributed by atoms with Crippen LogP contribution in [0.5, 0.6) is 0 Å². The number of carbonyl (C=O) groups excluding carboxylic acids is 2. The number of halogens is 1. The second-order valence-corrected chi connectivity index (χ2v) is 7.83. The fourth-order valence-corrected chi connectivity index (χ4v) is 3.05. The van der Waals surface area contributed by atoms with Crippen LogP contribution in [0, 0.1) is 5.82 Å². The molecule has 1 amide bonds. The Morgan fingerprint density at radius 3 is 2.11 bits per heavy atom. The molecule has 0 atom stereocenters. The maximum atomic E-state index is 12.8. The molecule has 0 radical (unpaired) electrons. The lowest BCUT2D eigenvalue weighted by atomic mass is 10.2. The zero-order valence-electron chi connectivity index (χ0n) is 22.7. The number of thiol groups is 2. The van der Waals surface area contributed by atoms with Crippen molar-refractivity contribution >= 4 is 54.7 Å². The van der Waals surface area contributed by atoms with Crippen molar-refractivity contribution in [3.63, 3.8) is 0 Å². The quantitative estimate of drug-likeness (QED) is 0.296. The van der Waals surface area contributed by atoms with E-state index in [1.54, 1.807) is 43.1 Å². The number of aromatic nitrogens is 1. The Hall–Kier alpha value is -2.08. The average Bonchev–Trinajstić information content (AvgIpc) is 2.90. The summed E-state index contributed by atoms with van der Waals surface area (Å²) in [7, 11) is 0. The van der Waals surface area contributed by atoms with E-state index < -0.39 is 5.97 Å². The number of Topliss-reactive ketones (excluding diaryl/α,β-unsaturated/α-hetero) is 1. The Balaban J connectivity index is -0.00000101. The fourth-order valence-electron chi connectivity index (χ4n) is 2.19. The minimum Gasteiger partial charge on any atom is -0.481 e. The van der Waals surface area contributed by atoms with E-state index in [4.69, 9.17) is 14.6 Å². The first-order valence-electron chi connectivity index (χ1n) is 11.5. The lowest BCUT2D eigenvalue weighted by Gasteiger charge is -2.07. The number of H-pyrrole nitrogens is 1. The van der Waals surface area contributed by atoms with Gasteiger partial charge in [-0.3, -0.25) is 14.4 Å². The molecule has 0 saturated carbocycles. The smallest absolute Gasteiger partial charge is 0.300 e. The van der Waals surface area contributed by atoms with Crippen LogP contribution in [0.1, 0.15) is 56.1 Å². The molecule has 2 rings (SSSR count). The normalized spacial score (nSPS) is 9.05. The first kappa shape index (κ1) is 39.4. The number of carboxylic acids is 1. The van der Waals surface area contributed by atoms with E-state index in [0.29, 0.717) is 17.9 Å². The Bertz CT molecular complexity index is 866. The van der Waals surface area contributed by atoms with E-state index in [1.807, 2.05) is 27.7 Å². The summed E-state index contributed by atoms with van der Waals surface area (Å²) in [5.41, 5.74) is 2.26. The molecule has 37 heavy (non-hydrogen) atoms. The van der Waals surface area contributed by atoms with E-state index in [1.165, 1.54) is 23.9 Å². The van der Waals surface area contributed by atoms with Crippen molar-refractivity contribution in [3.8, 4) is 0 Å². The summed E-state index contributed by atoms with van der Waals surface area (Å²) in [5.74, 6) is -0.591. The standard InChI is InChI=1S/C20H23FN2O3S.C2H4O2.C2H6.2CH4S/c1-14(2)26-11-16-7-17(9-22-8-16)20(25)23-10-19(24)13-27-12-15-3-5-18(21)6-4-15;1-2(3)4;3*1-2/h3-9,14H,10-13H2,1-2H3,(H,23,25);1H3,(H,3,4);1-2H3;2*2H,1H3/p+1. The Morgan fingerprint density at radius 2 is 1.59 bits per heavy atom. The summed E-state index contributed by atoms with van der Waals surface area (Å²) in [4.78, 5) is 36.1. The van der Waals surface area contributed by atoms with Crippen LogP contribution < -0.4 is 10.3 Å². The molecule has 1 aromatic heterocycles. The molecule has 0 spiro atoms. The van der Waals surface area contributed by atoms with Crippen LogP contribution in [-0.4, -0.2) is 53.7 Å². The summed E-state index contributed by atoms with van der Waals surface area (Å²) < 4.78 is 18.4. The molecule has 0 unspecified atom stereocenters. The molecule has 0 fully saturated rings. The van der Waals surface area contributed by atoms with Gasteiger partial charge in [-0.15, -0.1) is 11.8 Å². The second kappa shape index (κ2) is 27.0. The van der Waals surface area contributed by atoms with Gasteiger partial charge in [-0.2, -0.15) is 25.3 Å². The lowest BCUT2D eigenvalue weighted by Crippen LogP contribution is -2.31. The van der Waals surface area contributed by atoms with E-state index in [0.717, 1.165) is 18.1 Å². The number of benzene rings is 1. The maximum absolute atomic E-state index is 12.8. The topological polar surface area (TPSA) is 107 Å². The van der Waals surface area contributed by atoms with Gasteiger partial charge in [-0.05, 0) is 50.1 Å². The van der Waals surface area contributed by atoms with Crippen LogP contribution >= 0.6 is 37.0 Å². The number of amides is 1. The fraction of sp³-hybridized carbons (Fsp3) is 0.462. The SMILES string of the molecule is CC.CC(=O)O.CC(C)OCc1c[nH+]cc(C(=O)NCC(=O)CSCc2ccc(F)cc2)c1.CS.CS. The van der Waals surface area contributed by atoms with Gasteiger partial charge in [-0.1, -0.05) is 26.0 Å². The van der Waals surface area contributed by atoms with Crippen molar-refractivity contribution in [2.75, 3.05) is 24.8 Å². The molecule has 2 aromatic rings. The highest BCUT2D eigenvalue weighted by Gasteiger charge is 2.12. The highest BCUT2D eigenvalue weighted by Crippen LogP contribution is 2.12. The molecule has 3 N–H and O–H groups in total. The predicted molar refractivity (Wildman–Crippen MR) is 157 cm³/mol. The van der Waals surface area contributed by atoms with Crippen LogP contribution in [0.25, 0.3) is 0 Å². The summed E-state index contributed by atoms with van der Waals surface area (Å²) >= 11 is 8.49. The summed E-state index contributed by atoms with van der Waals surface area (Å²) in [6, 6.07) is 7.93. The van der Waals surface area contributed by atoms with E-state index in [9.17, 15) is 14.0 Å². The van der Waals surface area contributed by atoms with Crippen LogP contribution in [-0.2, 0) is 26.7 Å². The molecule has 7 nitrogen and oxygen atoms in total. The first-order valence-corrected chi connectivity index (χ1v) is 14.4. The van der Waals surface area contributed by atoms with Crippen molar-refractivity contribution in [1.82, 2.24) is 5.32 Å². The van der Waals surface area contributed by atoms with Crippen LogP contribution in [0.4, 0.5) is 4.39 Å². The van der Waals surface area contributed by atoms with Gasteiger partial charge in [0, 0.05) is 18.2 Å². The third kappa shape index (κ3) is 24.0. The Kier molecular flexibility index (Phi) is 28.7. The van der Waals surface area contributed by atoms with Gasteiger partial charge in [0.15, 0.2) is 18.2 Å². The van der Waals surface area contributed by atoms with Crippen molar-refractivity contribution in [2.24, 2.45) is 0 Å². The van der Waals surface area contributed by atoms with Gasteiger partial charge in [0.1, 0.15) is 11.4 Å². The number of ketones is 1. The Morgan fingerprint density at radius 1 is 1.05 bits per heavy atom. The number of aromatic amines is 1. The first-order chi connectivity index (χ1) is 17.7. The minimum atomic E-state index is -0.833. The predicted octanol–water partition coefficient (Wildman–Crippen LogP) is 5.01. The van der Waals surface area contributed by atoms with Crippen LogP contribution in [0.15, 0.2) is 42.7 Å². The monoisotopic (exact) mass is 577 g/mol. The number of pyridine rings is 1. The van der Waals surface area contributed by atoms with Crippen molar-refractivity contribution in [3.05, 3.63) is 65.2 Å². The number of hydrogen-bond acceptors (Lipinski definition) is 7. The average molecular weight is 578 g/mol. The number of carbonyl (C=O) groups is 3. The van der Waals surface area contributed by atoms with Gasteiger partial charge < -0.3 is 15.2 Å². The van der Waals surface area contributed by atoms with Crippen molar-refractivity contribution in [1.29, 1.82) is 0 Å². The molecule has 0 aliphatic heterocycles. The molecular formula is C26H42FN2O5S3+. The van der Waals surface area contributed by atoms with Gasteiger partial charge in [0.2, 0.25) is 0 Å².